The van der Waals surface area contributed by atoms with Crippen molar-refractivity contribution in [1.29, 1.82) is 0 Å². The first-order valence-corrected chi connectivity index (χ1v) is 10.1. The first-order chi connectivity index (χ1) is 13.5. The summed E-state index contributed by atoms with van der Waals surface area (Å²) in [6, 6.07) is 5.45. The van der Waals surface area contributed by atoms with Crippen LogP contribution in [0.25, 0.3) is 0 Å². The lowest BCUT2D eigenvalue weighted by molar-refractivity contribution is -0.136. The fourth-order valence-electron chi connectivity index (χ4n) is 3.07. The molecule has 1 saturated heterocycles. The number of aromatic nitrogens is 2. The second-order valence-corrected chi connectivity index (χ2v) is 7.69. The van der Waals surface area contributed by atoms with E-state index in [1.807, 2.05) is 17.5 Å². The van der Waals surface area contributed by atoms with Crippen LogP contribution in [0.2, 0.25) is 0 Å². The number of amides is 3. The normalized spacial score (nSPS) is 19.1. The summed E-state index contributed by atoms with van der Waals surface area (Å²) >= 11 is 1.50. The van der Waals surface area contributed by atoms with E-state index in [0.29, 0.717) is 24.5 Å². The molecular weight excluding hydrogens is 380 g/mol. The van der Waals surface area contributed by atoms with Gasteiger partial charge in [0.1, 0.15) is 5.82 Å². The third kappa shape index (κ3) is 4.96. The monoisotopic (exact) mass is 404 g/mol. The molecule has 0 saturated carbocycles. The topological polar surface area (TPSA) is 117 Å². The quantitative estimate of drug-likeness (QED) is 0.541. The summed E-state index contributed by atoms with van der Waals surface area (Å²) in [7, 11) is 0. The number of thiophene rings is 1. The zero-order valence-corrected chi connectivity index (χ0v) is 16.6. The van der Waals surface area contributed by atoms with Crippen LogP contribution in [0.3, 0.4) is 0 Å². The largest absolute Gasteiger partial charge is 0.343 e. The van der Waals surface area contributed by atoms with Crippen molar-refractivity contribution in [2.45, 2.75) is 52.0 Å². The standard InChI is InChI=1S/C18H24N6O3S/c1-3-5-12-9-15(25)22-18(20-12)24-14(8-11(2)23-24)21-17(27)16(26)19-10-13-6-4-7-28-13/h4,6-8,12,18,20H,3,5,9-10H2,1-2H3,(H,19,26)(H,21,27)(H,22,25). The Morgan fingerprint density at radius 2 is 2.21 bits per heavy atom. The number of hydrogen-bond donors (Lipinski definition) is 4. The number of hydrogen-bond acceptors (Lipinski definition) is 6. The van der Waals surface area contributed by atoms with E-state index in [1.165, 1.54) is 16.0 Å². The smallest absolute Gasteiger partial charge is 0.314 e. The van der Waals surface area contributed by atoms with Gasteiger partial charge in [0.05, 0.1) is 12.2 Å². The van der Waals surface area contributed by atoms with Gasteiger partial charge in [-0.25, -0.2) is 4.68 Å². The van der Waals surface area contributed by atoms with E-state index in [-0.39, 0.29) is 11.9 Å². The molecule has 0 radical (unpaired) electrons. The van der Waals surface area contributed by atoms with Crippen LogP contribution in [0.1, 0.15) is 43.0 Å². The van der Waals surface area contributed by atoms with Gasteiger partial charge >= 0.3 is 11.8 Å². The highest BCUT2D eigenvalue weighted by atomic mass is 32.1. The number of nitrogens with one attached hydrogen (secondary N) is 4. The van der Waals surface area contributed by atoms with Crippen molar-refractivity contribution < 1.29 is 14.4 Å². The fraction of sp³-hybridized carbons (Fsp3) is 0.444. The third-order valence-corrected chi connectivity index (χ3v) is 5.19. The van der Waals surface area contributed by atoms with Crippen molar-refractivity contribution in [3.05, 3.63) is 34.2 Å². The van der Waals surface area contributed by atoms with E-state index in [1.54, 1.807) is 13.0 Å². The molecule has 2 atom stereocenters. The number of anilines is 1. The van der Waals surface area contributed by atoms with Gasteiger partial charge in [-0.15, -0.1) is 11.3 Å². The average Bonchev–Trinajstić information content (AvgIpc) is 3.29. The summed E-state index contributed by atoms with van der Waals surface area (Å²) in [5.74, 6) is -1.27. The summed E-state index contributed by atoms with van der Waals surface area (Å²) in [6.45, 7) is 4.13. The Kier molecular flexibility index (Phi) is 6.42. The number of rotatable bonds is 6. The number of aryl methyl sites for hydroxylation is 1. The predicted octanol–water partition coefficient (Wildman–Crippen LogP) is 1.24. The fourth-order valence-corrected chi connectivity index (χ4v) is 3.71. The molecule has 1 fully saturated rings. The molecule has 1 aliphatic rings. The Hall–Kier alpha value is -2.72. The van der Waals surface area contributed by atoms with Crippen LogP contribution >= 0.6 is 11.3 Å². The van der Waals surface area contributed by atoms with Gasteiger partial charge in [0.25, 0.3) is 0 Å². The van der Waals surface area contributed by atoms with E-state index in [9.17, 15) is 14.4 Å². The third-order valence-electron chi connectivity index (χ3n) is 4.31. The molecule has 2 aromatic rings. The molecule has 1 aliphatic heterocycles. The highest BCUT2D eigenvalue weighted by Gasteiger charge is 2.29. The summed E-state index contributed by atoms with van der Waals surface area (Å²) in [5.41, 5.74) is 0.656. The minimum atomic E-state index is -0.787. The van der Waals surface area contributed by atoms with E-state index >= 15 is 0 Å². The van der Waals surface area contributed by atoms with Crippen LogP contribution < -0.4 is 21.3 Å². The van der Waals surface area contributed by atoms with Crippen molar-refractivity contribution in [3.8, 4) is 0 Å². The first-order valence-electron chi connectivity index (χ1n) is 9.19. The Morgan fingerprint density at radius 3 is 2.93 bits per heavy atom. The molecule has 4 N–H and O–H groups in total. The van der Waals surface area contributed by atoms with Crippen LogP contribution in [0.4, 0.5) is 5.82 Å². The Morgan fingerprint density at radius 1 is 1.39 bits per heavy atom. The lowest BCUT2D eigenvalue weighted by Gasteiger charge is -2.32. The SMILES string of the molecule is CCCC1CC(=O)NC(n2nc(C)cc2NC(=O)C(=O)NCc2cccs2)N1. The molecule has 2 aromatic heterocycles. The highest BCUT2D eigenvalue weighted by Crippen LogP contribution is 2.18. The molecule has 28 heavy (non-hydrogen) atoms. The predicted molar refractivity (Wildman–Crippen MR) is 105 cm³/mol. The minimum Gasteiger partial charge on any atom is -0.343 e. The minimum absolute atomic E-state index is 0.0332. The van der Waals surface area contributed by atoms with Crippen molar-refractivity contribution in [2.75, 3.05) is 5.32 Å². The van der Waals surface area contributed by atoms with Gasteiger partial charge in [-0.2, -0.15) is 5.10 Å². The molecule has 9 nitrogen and oxygen atoms in total. The van der Waals surface area contributed by atoms with Crippen LogP contribution in [-0.4, -0.2) is 33.5 Å². The van der Waals surface area contributed by atoms with Crippen LogP contribution in [-0.2, 0) is 20.9 Å². The zero-order valence-electron chi connectivity index (χ0n) is 15.8. The molecule has 2 unspecified atom stereocenters. The summed E-state index contributed by atoms with van der Waals surface area (Å²) < 4.78 is 1.49. The first kappa shape index (κ1) is 20.0. The maximum absolute atomic E-state index is 12.3. The average molecular weight is 404 g/mol. The van der Waals surface area contributed by atoms with Crippen molar-refractivity contribution in [1.82, 2.24) is 25.7 Å². The Balaban J connectivity index is 1.66. The van der Waals surface area contributed by atoms with Gasteiger partial charge in [0, 0.05) is 23.4 Å². The van der Waals surface area contributed by atoms with Gasteiger partial charge in [-0.1, -0.05) is 19.4 Å². The van der Waals surface area contributed by atoms with Crippen LogP contribution in [0, 0.1) is 6.92 Å². The van der Waals surface area contributed by atoms with E-state index < -0.39 is 18.1 Å². The molecule has 0 aliphatic carbocycles. The van der Waals surface area contributed by atoms with Crippen molar-refractivity contribution in [3.63, 3.8) is 0 Å². The van der Waals surface area contributed by atoms with Gasteiger partial charge in [-0.05, 0) is 24.8 Å². The van der Waals surface area contributed by atoms with Crippen molar-refractivity contribution >= 4 is 34.9 Å². The molecule has 3 rings (SSSR count). The summed E-state index contributed by atoms with van der Waals surface area (Å²) in [6.07, 6.45) is 1.62. The molecule has 3 amide bonds. The number of nitrogens with zero attached hydrogens (tertiary/aromatic N) is 2. The molecule has 3 heterocycles. The van der Waals surface area contributed by atoms with E-state index in [2.05, 4.69) is 33.3 Å². The van der Waals surface area contributed by atoms with Crippen molar-refractivity contribution in [2.24, 2.45) is 0 Å². The number of carbonyl (C=O) groups is 3. The van der Waals surface area contributed by atoms with E-state index in [0.717, 1.165) is 17.7 Å². The maximum atomic E-state index is 12.3. The molecule has 0 aromatic carbocycles. The molecule has 150 valence electrons. The Bertz CT molecular complexity index is 848. The zero-order chi connectivity index (χ0) is 20.1. The second-order valence-electron chi connectivity index (χ2n) is 6.66. The highest BCUT2D eigenvalue weighted by molar-refractivity contribution is 7.09. The lowest BCUT2D eigenvalue weighted by atomic mass is 10.1. The van der Waals surface area contributed by atoms with E-state index in [4.69, 9.17) is 0 Å². The second kappa shape index (κ2) is 8.98. The molecule has 0 spiro atoms. The molecule has 10 heteroatoms. The Labute approximate surface area is 166 Å². The molecular formula is C18H24N6O3S. The molecule has 0 bridgehead atoms. The van der Waals surface area contributed by atoms with Crippen LogP contribution in [0.15, 0.2) is 23.6 Å². The van der Waals surface area contributed by atoms with Gasteiger partial charge in [0.15, 0.2) is 6.29 Å². The number of carbonyl (C=O) groups excluding carboxylic acids is 3. The summed E-state index contributed by atoms with van der Waals surface area (Å²) in [4.78, 5) is 37.4. The maximum Gasteiger partial charge on any atom is 0.314 e. The van der Waals surface area contributed by atoms with Gasteiger partial charge < -0.3 is 16.0 Å². The van der Waals surface area contributed by atoms with Gasteiger partial charge in [-0.3, -0.25) is 19.7 Å². The van der Waals surface area contributed by atoms with Gasteiger partial charge in [0.2, 0.25) is 5.91 Å². The summed E-state index contributed by atoms with van der Waals surface area (Å²) in [5, 5.41) is 17.6. The van der Waals surface area contributed by atoms with Crippen LogP contribution in [0.5, 0.6) is 0 Å². The lowest BCUT2D eigenvalue weighted by Crippen LogP contribution is -2.53.